The second kappa shape index (κ2) is 9.76. The van der Waals surface area contributed by atoms with E-state index in [1.807, 2.05) is 13.8 Å². The van der Waals surface area contributed by atoms with Gasteiger partial charge in [-0.1, -0.05) is 35.5 Å². The van der Waals surface area contributed by atoms with Crippen LogP contribution in [-0.2, 0) is 11.2 Å². The molecule has 1 amide bonds. The van der Waals surface area contributed by atoms with Gasteiger partial charge in [-0.2, -0.15) is 4.98 Å². The van der Waals surface area contributed by atoms with Crippen molar-refractivity contribution in [1.29, 1.82) is 0 Å². The molecule has 0 radical (unpaired) electrons. The van der Waals surface area contributed by atoms with E-state index in [1.165, 1.54) is 23.9 Å². The number of anilines is 1. The molecule has 0 atom stereocenters. The third kappa shape index (κ3) is 5.26. The summed E-state index contributed by atoms with van der Waals surface area (Å²) in [6.45, 7) is 3.82. The number of amides is 1. The lowest BCUT2D eigenvalue weighted by Gasteiger charge is -2.11. The fraction of sp³-hybridized carbons (Fsp3) is 0.217. The van der Waals surface area contributed by atoms with E-state index in [1.54, 1.807) is 42.0 Å². The summed E-state index contributed by atoms with van der Waals surface area (Å²) >= 11 is 7.43. The summed E-state index contributed by atoms with van der Waals surface area (Å²) in [7, 11) is 1.57. The van der Waals surface area contributed by atoms with Crippen LogP contribution in [0.15, 0.2) is 47.6 Å². The number of hydrogen-bond donors (Lipinski definition) is 1. The molecule has 0 unspecified atom stereocenters. The molecule has 0 aliphatic rings. The number of thioether (sulfide) groups is 1. The standard InChI is InChI=1S/C23H21ClFN5O2S/c1-13-19(9-15-7-8-16(25)10-20(15)24)14(2)30-22(26-13)28-23(29-30)33-12-21(31)27-17-5-4-6-18(11-17)32-3/h4-8,10-11H,9,12H2,1-3H3,(H,27,31). The summed E-state index contributed by atoms with van der Waals surface area (Å²) in [5, 5.41) is 8.15. The van der Waals surface area contributed by atoms with Crippen molar-refractivity contribution in [2.45, 2.75) is 25.4 Å². The number of carbonyl (C=O) groups excluding carboxylic acids is 1. The Hall–Kier alpha value is -3.17. The maximum Gasteiger partial charge on any atom is 0.253 e. The third-order valence-corrected chi connectivity index (χ3v) is 6.29. The molecule has 10 heteroatoms. The summed E-state index contributed by atoms with van der Waals surface area (Å²) < 4.78 is 20.2. The number of rotatable bonds is 7. The lowest BCUT2D eigenvalue weighted by molar-refractivity contribution is -0.113. The largest absolute Gasteiger partial charge is 0.497 e. The lowest BCUT2D eigenvalue weighted by atomic mass is 10.0. The van der Waals surface area contributed by atoms with E-state index >= 15 is 0 Å². The molecular formula is C23H21ClFN5O2S. The number of aromatic nitrogens is 4. The number of fused-ring (bicyclic) bond motifs is 1. The molecule has 2 aromatic carbocycles. The molecule has 0 spiro atoms. The van der Waals surface area contributed by atoms with Gasteiger partial charge in [0.1, 0.15) is 11.6 Å². The Morgan fingerprint density at radius 3 is 2.79 bits per heavy atom. The number of hydrogen-bond acceptors (Lipinski definition) is 6. The summed E-state index contributed by atoms with van der Waals surface area (Å²) in [5.74, 6) is 0.704. The van der Waals surface area contributed by atoms with Crippen molar-refractivity contribution in [2.24, 2.45) is 0 Å². The average Bonchev–Trinajstić information content (AvgIpc) is 3.19. The van der Waals surface area contributed by atoms with Gasteiger partial charge in [-0.15, -0.1) is 5.10 Å². The van der Waals surface area contributed by atoms with E-state index in [0.29, 0.717) is 33.8 Å². The number of ether oxygens (including phenoxy) is 1. The minimum Gasteiger partial charge on any atom is -0.497 e. The highest BCUT2D eigenvalue weighted by Crippen LogP contribution is 2.25. The van der Waals surface area contributed by atoms with Crippen molar-refractivity contribution >= 4 is 40.7 Å². The van der Waals surface area contributed by atoms with Crippen molar-refractivity contribution in [1.82, 2.24) is 19.6 Å². The van der Waals surface area contributed by atoms with E-state index in [-0.39, 0.29) is 17.5 Å². The zero-order valence-corrected chi connectivity index (χ0v) is 19.8. The number of benzene rings is 2. The molecule has 2 aromatic heterocycles. The van der Waals surface area contributed by atoms with Gasteiger partial charge >= 0.3 is 0 Å². The number of carbonyl (C=O) groups is 1. The van der Waals surface area contributed by atoms with Crippen molar-refractivity contribution in [3.05, 3.63) is 75.8 Å². The molecule has 0 aliphatic carbocycles. The summed E-state index contributed by atoms with van der Waals surface area (Å²) in [6, 6.07) is 11.5. The maximum absolute atomic E-state index is 13.4. The van der Waals surface area contributed by atoms with Gasteiger partial charge in [0, 0.05) is 34.6 Å². The first-order valence-corrected chi connectivity index (χ1v) is 11.4. The Kier molecular flexibility index (Phi) is 6.80. The number of nitrogens with one attached hydrogen (secondary N) is 1. The van der Waals surface area contributed by atoms with Gasteiger partial charge < -0.3 is 10.1 Å². The van der Waals surface area contributed by atoms with E-state index in [4.69, 9.17) is 16.3 Å². The zero-order valence-electron chi connectivity index (χ0n) is 18.2. The highest BCUT2D eigenvalue weighted by molar-refractivity contribution is 7.99. The van der Waals surface area contributed by atoms with Crippen LogP contribution in [-0.4, -0.2) is 38.4 Å². The van der Waals surface area contributed by atoms with Crippen molar-refractivity contribution in [2.75, 3.05) is 18.2 Å². The topological polar surface area (TPSA) is 81.4 Å². The molecule has 4 aromatic rings. The van der Waals surface area contributed by atoms with Crippen LogP contribution in [0.2, 0.25) is 5.02 Å². The zero-order chi connectivity index (χ0) is 23.5. The van der Waals surface area contributed by atoms with E-state index in [2.05, 4.69) is 20.4 Å². The van der Waals surface area contributed by atoms with Gasteiger partial charge in [0.25, 0.3) is 5.78 Å². The van der Waals surface area contributed by atoms with Gasteiger partial charge in [0.2, 0.25) is 11.1 Å². The third-order valence-electron chi connectivity index (χ3n) is 5.10. The Labute approximate surface area is 199 Å². The summed E-state index contributed by atoms with van der Waals surface area (Å²) in [5.41, 5.74) is 4.04. The van der Waals surface area contributed by atoms with Gasteiger partial charge in [-0.05, 0) is 49.2 Å². The monoisotopic (exact) mass is 485 g/mol. The predicted molar refractivity (Wildman–Crippen MR) is 127 cm³/mol. The molecule has 4 rings (SSSR count). The number of halogens is 2. The van der Waals surface area contributed by atoms with E-state index in [0.717, 1.165) is 22.5 Å². The van der Waals surface area contributed by atoms with Crippen LogP contribution in [0.25, 0.3) is 5.78 Å². The molecule has 0 saturated carbocycles. The molecule has 0 bridgehead atoms. The molecule has 0 fully saturated rings. The second-order valence-corrected chi connectivity index (χ2v) is 8.70. The fourth-order valence-corrected chi connectivity index (χ4v) is 4.24. The van der Waals surface area contributed by atoms with E-state index in [9.17, 15) is 9.18 Å². The van der Waals surface area contributed by atoms with Gasteiger partial charge in [-0.25, -0.2) is 13.9 Å². The van der Waals surface area contributed by atoms with Crippen LogP contribution in [0, 0.1) is 19.7 Å². The Morgan fingerprint density at radius 2 is 2.03 bits per heavy atom. The fourth-order valence-electron chi connectivity index (χ4n) is 3.39. The van der Waals surface area contributed by atoms with E-state index < -0.39 is 0 Å². The van der Waals surface area contributed by atoms with Crippen molar-refractivity contribution in [3.63, 3.8) is 0 Å². The van der Waals surface area contributed by atoms with Crippen molar-refractivity contribution in [3.8, 4) is 5.75 Å². The minimum atomic E-state index is -0.376. The van der Waals surface area contributed by atoms with Gasteiger partial charge in [0.15, 0.2) is 0 Å². The molecule has 7 nitrogen and oxygen atoms in total. The average molecular weight is 486 g/mol. The molecular weight excluding hydrogens is 465 g/mol. The smallest absolute Gasteiger partial charge is 0.253 e. The van der Waals surface area contributed by atoms with Crippen LogP contribution < -0.4 is 10.1 Å². The van der Waals surface area contributed by atoms with Gasteiger partial charge in [-0.3, -0.25) is 4.79 Å². The van der Waals surface area contributed by atoms with Crippen LogP contribution in [0.1, 0.15) is 22.5 Å². The number of methoxy groups -OCH3 is 1. The first kappa shape index (κ1) is 23.0. The lowest BCUT2D eigenvalue weighted by Crippen LogP contribution is -2.14. The highest BCUT2D eigenvalue weighted by atomic mass is 35.5. The second-order valence-electron chi connectivity index (χ2n) is 7.35. The number of aryl methyl sites for hydroxylation is 2. The molecule has 170 valence electrons. The first-order valence-electron chi connectivity index (χ1n) is 10.1. The first-order chi connectivity index (χ1) is 15.8. The minimum absolute atomic E-state index is 0.143. The summed E-state index contributed by atoms with van der Waals surface area (Å²) in [6.07, 6.45) is 0.491. The summed E-state index contributed by atoms with van der Waals surface area (Å²) in [4.78, 5) is 21.3. The molecule has 0 saturated heterocycles. The normalized spacial score (nSPS) is 11.1. The predicted octanol–water partition coefficient (Wildman–Crippen LogP) is 4.86. The molecule has 0 aliphatic heterocycles. The van der Waals surface area contributed by atoms with Gasteiger partial charge in [0.05, 0.1) is 12.9 Å². The van der Waals surface area contributed by atoms with Crippen LogP contribution in [0.5, 0.6) is 5.75 Å². The van der Waals surface area contributed by atoms with Crippen LogP contribution >= 0.6 is 23.4 Å². The van der Waals surface area contributed by atoms with Crippen LogP contribution in [0.4, 0.5) is 10.1 Å². The Bertz CT molecular complexity index is 1340. The molecule has 1 N–H and O–H groups in total. The SMILES string of the molecule is COc1cccc(NC(=O)CSc2nc3nc(C)c(Cc4ccc(F)cc4Cl)c(C)n3n2)c1. The molecule has 33 heavy (non-hydrogen) atoms. The highest BCUT2D eigenvalue weighted by Gasteiger charge is 2.16. The van der Waals surface area contributed by atoms with Crippen molar-refractivity contribution < 1.29 is 13.9 Å². The Morgan fingerprint density at radius 1 is 1.21 bits per heavy atom. The molecule has 2 heterocycles. The maximum atomic E-state index is 13.4. The number of nitrogens with zero attached hydrogens (tertiary/aromatic N) is 4. The Balaban J connectivity index is 1.49. The van der Waals surface area contributed by atoms with Crippen LogP contribution in [0.3, 0.4) is 0 Å². The quantitative estimate of drug-likeness (QED) is 0.376.